The first-order valence-electron chi connectivity index (χ1n) is 6.36. The maximum absolute atomic E-state index is 11.9. The largest absolute Gasteiger partial charge is 0.508 e. The van der Waals surface area contributed by atoms with Crippen LogP contribution in [0.3, 0.4) is 0 Å². The summed E-state index contributed by atoms with van der Waals surface area (Å²) in [6, 6.07) is 11.7. The molecule has 0 atom stereocenters. The van der Waals surface area contributed by atoms with Crippen molar-refractivity contribution in [3.63, 3.8) is 0 Å². The average molecular weight is 299 g/mol. The van der Waals surface area contributed by atoms with Crippen LogP contribution in [-0.4, -0.2) is 21.6 Å². The van der Waals surface area contributed by atoms with Gasteiger partial charge >= 0.3 is 0 Å². The van der Waals surface area contributed by atoms with E-state index in [4.69, 9.17) is 0 Å². The van der Waals surface area contributed by atoms with Gasteiger partial charge in [0.25, 0.3) is 11.6 Å². The van der Waals surface area contributed by atoms with Crippen molar-refractivity contribution in [1.29, 1.82) is 0 Å². The summed E-state index contributed by atoms with van der Waals surface area (Å²) in [6.45, 7) is 1.69. The second-order valence-electron chi connectivity index (χ2n) is 4.49. The smallest absolute Gasteiger partial charge is 0.271 e. The van der Waals surface area contributed by atoms with Crippen LogP contribution in [0.25, 0.3) is 0 Å². The number of benzene rings is 2. The molecule has 0 aliphatic carbocycles. The molecule has 0 unspecified atom stereocenters. The van der Waals surface area contributed by atoms with Gasteiger partial charge in [0.05, 0.1) is 10.6 Å². The lowest BCUT2D eigenvalue weighted by atomic mass is 10.1. The number of phenolic OH excluding ortho intramolecular Hbond substituents is 1. The minimum absolute atomic E-state index is 0.0870. The van der Waals surface area contributed by atoms with Crippen molar-refractivity contribution in [3.05, 3.63) is 69.8 Å². The van der Waals surface area contributed by atoms with Crippen LogP contribution in [0.5, 0.6) is 5.75 Å². The Bertz CT molecular complexity index is 739. The number of nitro groups is 1. The van der Waals surface area contributed by atoms with E-state index >= 15 is 0 Å². The number of hydrogen-bond donors (Lipinski definition) is 2. The number of phenols is 1. The number of aromatic hydroxyl groups is 1. The zero-order chi connectivity index (χ0) is 16.1. The zero-order valence-corrected chi connectivity index (χ0v) is 11.7. The number of carbonyl (C=O) groups is 1. The van der Waals surface area contributed by atoms with Crippen LogP contribution in [0.2, 0.25) is 0 Å². The molecule has 2 aromatic rings. The van der Waals surface area contributed by atoms with Gasteiger partial charge in [-0.05, 0) is 31.2 Å². The van der Waals surface area contributed by atoms with Gasteiger partial charge in [0.1, 0.15) is 5.75 Å². The lowest BCUT2D eigenvalue weighted by molar-refractivity contribution is -0.384. The van der Waals surface area contributed by atoms with Gasteiger partial charge in [-0.3, -0.25) is 14.9 Å². The summed E-state index contributed by atoms with van der Waals surface area (Å²) < 4.78 is 0. The minimum atomic E-state index is -0.536. The van der Waals surface area contributed by atoms with Gasteiger partial charge in [-0.15, -0.1) is 0 Å². The second kappa shape index (κ2) is 6.49. The fourth-order valence-corrected chi connectivity index (χ4v) is 1.73. The standard InChI is InChI=1S/C15H13N3O4/c1-10(12-3-2-4-14(19)9-12)16-17-15(20)11-5-7-13(8-6-11)18(21)22/h2-9,19H,1H3,(H,17,20). The maximum atomic E-state index is 11.9. The Labute approximate surface area is 126 Å². The van der Waals surface area contributed by atoms with E-state index in [0.29, 0.717) is 11.3 Å². The van der Waals surface area contributed by atoms with E-state index in [-0.39, 0.29) is 17.0 Å². The van der Waals surface area contributed by atoms with Crippen molar-refractivity contribution in [3.8, 4) is 5.75 Å². The molecule has 0 aromatic heterocycles. The van der Waals surface area contributed by atoms with Crippen LogP contribution < -0.4 is 5.43 Å². The molecule has 2 rings (SSSR count). The van der Waals surface area contributed by atoms with E-state index in [1.807, 2.05) is 0 Å². The summed E-state index contributed by atoms with van der Waals surface area (Å²) in [5.74, 6) is -0.372. The Balaban J connectivity index is 2.08. The summed E-state index contributed by atoms with van der Waals surface area (Å²) in [5, 5.41) is 23.9. The fraction of sp³-hybridized carbons (Fsp3) is 0.0667. The van der Waals surface area contributed by atoms with Crippen molar-refractivity contribution in [2.45, 2.75) is 6.92 Å². The predicted octanol–water partition coefficient (Wildman–Crippen LogP) is 2.45. The van der Waals surface area contributed by atoms with Crippen molar-refractivity contribution in [2.75, 3.05) is 0 Å². The molecule has 0 bridgehead atoms. The molecule has 112 valence electrons. The van der Waals surface area contributed by atoms with E-state index in [9.17, 15) is 20.0 Å². The van der Waals surface area contributed by atoms with Crippen LogP contribution in [0, 0.1) is 10.1 Å². The van der Waals surface area contributed by atoms with Crippen LogP contribution >= 0.6 is 0 Å². The van der Waals surface area contributed by atoms with E-state index in [1.165, 1.54) is 36.4 Å². The molecule has 7 nitrogen and oxygen atoms in total. The summed E-state index contributed by atoms with van der Waals surface area (Å²) in [5.41, 5.74) is 3.73. The Morgan fingerprint density at radius 2 is 1.86 bits per heavy atom. The number of rotatable bonds is 4. The molecule has 0 aliphatic heterocycles. The number of hydrazone groups is 1. The molecule has 0 spiro atoms. The highest BCUT2D eigenvalue weighted by atomic mass is 16.6. The first-order chi connectivity index (χ1) is 10.5. The molecule has 22 heavy (non-hydrogen) atoms. The molecule has 2 N–H and O–H groups in total. The van der Waals surface area contributed by atoms with Crippen molar-refractivity contribution >= 4 is 17.3 Å². The molecule has 0 fully saturated rings. The molecule has 1 amide bonds. The normalized spacial score (nSPS) is 11.0. The SMILES string of the molecule is CC(=NNC(=O)c1ccc([N+](=O)[O-])cc1)c1cccc(O)c1. The second-order valence-corrected chi connectivity index (χ2v) is 4.49. The molecule has 2 aromatic carbocycles. The number of nitrogens with one attached hydrogen (secondary N) is 1. The molecule has 7 heteroatoms. The van der Waals surface area contributed by atoms with Crippen LogP contribution in [-0.2, 0) is 0 Å². The fourth-order valence-electron chi connectivity index (χ4n) is 1.73. The number of nitro benzene ring substituents is 1. The lowest BCUT2D eigenvalue weighted by Crippen LogP contribution is -2.19. The van der Waals surface area contributed by atoms with E-state index in [2.05, 4.69) is 10.5 Å². The summed E-state index contributed by atoms with van der Waals surface area (Å²) in [7, 11) is 0. The monoisotopic (exact) mass is 299 g/mol. The highest BCUT2D eigenvalue weighted by Gasteiger charge is 2.09. The van der Waals surface area contributed by atoms with Crippen molar-refractivity contribution in [1.82, 2.24) is 5.43 Å². The van der Waals surface area contributed by atoms with Crippen LogP contribution in [0.4, 0.5) is 5.69 Å². The average Bonchev–Trinajstić information content (AvgIpc) is 2.52. The summed E-state index contributed by atoms with van der Waals surface area (Å²) >= 11 is 0. The van der Waals surface area contributed by atoms with E-state index in [0.717, 1.165) is 0 Å². The minimum Gasteiger partial charge on any atom is -0.508 e. The lowest BCUT2D eigenvalue weighted by Gasteiger charge is -2.03. The molecule has 0 heterocycles. The number of amides is 1. The highest BCUT2D eigenvalue weighted by Crippen LogP contribution is 2.13. The van der Waals surface area contributed by atoms with Gasteiger partial charge in [-0.1, -0.05) is 12.1 Å². The summed E-state index contributed by atoms with van der Waals surface area (Å²) in [6.07, 6.45) is 0. The quantitative estimate of drug-likeness (QED) is 0.514. The third kappa shape index (κ3) is 3.66. The third-order valence-corrected chi connectivity index (χ3v) is 2.93. The molecule has 0 aliphatic rings. The number of nitrogens with zero attached hydrogens (tertiary/aromatic N) is 2. The van der Waals surface area contributed by atoms with Gasteiger partial charge in [0.2, 0.25) is 0 Å². The number of carbonyl (C=O) groups excluding carboxylic acids is 1. The van der Waals surface area contributed by atoms with Gasteiger partial charge < -0.3 is 5.11 Å². The Morgan fingerprint density at radius 3 is 2.45 bits per heavy atom. The van der Waals surface area contributed by atoms with E-state index in [1.54, 1.807) is 19.1 Å². The first-order valence-corrected chi connectivity index (χ1v) is 6.36. The summed E-state index contributed by atoms with van der Waals surface area (Å²) in [4.78, 5) is 21.9. The molecule has 0 saturated carbocycles. The van der Waals surface area contributed by atoms with Crippen LogP contribution in [0.1, 0.15) is 22.8 Å². The molecule has 0 radical (unpaired) electrons. The molecule has 0 saturated heterocycles. The van der Waals surface area contributed by atoms with Crippen molar-refractivity contribution in [2.24, 2.45) is 5.10 Å². The Hall–Kier alpha value is -3.22. The topological polar surface area (TPSA) is 105 Å². The van der Waals surface area contributed by atoms with Gasteiger partial charge in [-0.25, -0.2) is 5.43 Å². The number of non-ortho nitro benzene ring substituents is 1. The van der Waals surface area contributed by atoms with Gasteiger partial charge in [-0.2, -0.15) is 5.10 Å². The number of hydrogen-bond acceptors (Lipinski definition) is 5. The molecular weight excluding hydrogens is 286 g/mol. The predicted molar refractivity (Wildman–Crippen MR) is 80.9 cm³/mol. The third-order valence-electron chi connectivity index (χ3n) is 2.93. The Morgan fingerprint density at radius 1 is 1.18 bits per heavy atom. The van der Waals surface area contributed by atoms with Gasteiger partial charge in [0.15, 0.2) is 0 Å². The maximum Gasteiger partial charge on any atom is 0.271 e. The zero-order valence-electron chi connectivity index (χ0n) is 11.7. The van der Waals surface area contributed by atoms with Crippen LogP contribution in [0.15, 0.2) is 53.6 Å². The van der Waals surface area contributed by atoms with Crippen molar-refractivity contribution < 1.29 is 14.8 Å². The van der Waals surface area contributed by atoms with Gasteiger partial charge in [0, 0.05) is 23.3 Å². The Kier molecular flexibility index (Phi) is 4.47. The highest BCUT2D eigenvalue weighted by molar-refractivity contribution is 6.01. The first kappa shape index (κ1) is 15.2. The molecular formula is C15H13N3O4. The van der Waals surface area contributed by atoms with E-state index < -0.39 is 10.8 Å².